The third-order valence-electron chi connectivity index (χ3n) is 11.1. The number of hydrogen-bond donors (Lipinski definition) is 0. The maximum atomic E-state index is 6.68. The molecule has 0 amide bonds. The Morgan fingerprint density at radius 3 is 1.59 bits per heavy atom. The molecule has 1 spiro atoms. The smallest absolute Gasteiger partial charge is 0.161 e. The van der Waals surface area contributed by atoms with Gasteiger partial charge in [0.25, 0.3) is 0 Å². The summed E-state index contributed by atoms with van der Waals surface area (Å²) in [5.74, 6) is 2.40. The molecular weight excluding hydrogens is 659 g/mol. The lowest BCUT2D eigenvalue weighted by Gasteiger charge is -2.39. The number of pyridine rings is 1. The fourth-order valence-electron chi connectivity index (χ4n) is 8.84. The van der Waals surface area contributed by atoms with Crippen LogP contribution in [0.1, 0.15) is 22.3 Å². The molecule has 0 fully saturated rings. The van der Waals surface area contributed by atoms with Crippen LogP contribution in [0.2, 0.25) is 0 Å². The lowest BCUT2D eigenvalue weighted by atomic mass is 9.66. The number of benzene rings is 7. The number of aromatic nitrogens is 3. The Morgan fingerprint density at radius 2 is 0.944 bits per heavy atom. The summed E-state index contributed by atoms with van der Waals surface area (Å²) in [5.41, 5.74) is 13.4. The molecule has 0 radical (unpaired) electrons. The average molecular weight is 690 g/mol. The van der Waals surface area contributed by atoms with E-state index < -0.39 is 5.41 Å². The van der Waals surface area contributed by atoms with Crippen LogP contribution in [-0.2, 0) is 5.41 Å². The van der Waals surface area contributed by atoms with Crippen molar-refractivity contribution in [3.05, 3.63) is 211 Å². The van der Waals surface area contributed by atoms with Crippen molar-refractivity contribution < 1.29 is 4.74 Å². The minimum Gasteiger partial charge on any atom is -0.457 e. The number of para-hydroxylation sites is 2. The van der Waals surface area contributed by atoms with Gasteiger partial charge in [-0.1, -0.05) is 152 Å². The summed E-state index contributed by atoms with van der Waals surface area (Å²) >= 11 is 0. The lowest BCUT2D eigenvalue weighted by molar-refractivity contribution is 0.436. The summed E-state index contributed by atoms with van der Waals surface area (Å²) in [7, 11) is 0. The van der Waals surface area contributed by atoms with Gasteiger partial charge in [0.05, 0.1) is 16.8 Å². The van der Waals surface area contributed by atoms with Crippen LogP contribution in [0.15, 0.2) is 188 Å². The van der Waals surface area contributed by atoms with Crippen LogP contribution in [0, 0.1) is 0 Å². The summed E-state index contributed by atoms with van der Waals surface area (Å²) in [6, 6.07) is 62.0. The Balaban J connectivity index is 1.29. The molecule has 1 aliphatic heterocycles. The first kappa shape index (κ1) is 30.5. The molecule has 3 heterocycles. The minimum absolute atomic E-state index is 0.659. The second-order valence-electron chi connectivity index (χ2n) is 13.9. The van der Waals surface area contributed by atoms with Crippen molar-refractivity contribution in [2.24, 2.45) is 0 Å². The average Bonchev–Trinajstić information content (AvgIpc) is 3.55. The van der Waals surface area contributed by atoms with Crippen LogP contribution in [0.4, 0.5) is 0 Å². The van der Waals surface area contributed by atoms with Gasteiger partial charge in [-0.15, -0.1) is 0 Å². The van der Waals surface area contributed by atoms with E-state index in [1.165, 1.54) is 16.7 Å². The van der Waals surface area contributed by atoms with Gasteiger partial charge in [-0.25, -0.2) is 9.97 Å². The van der Waals surface area contributed by atoms with E-state index in [1.54, 1.807) is 0 Å². The van der Waals surface area contributed by atoms with E-state index in [0.717, 1.165) is 78.2 Å². The molecule has 4 nitrogen and oxygen atoms in total. The van der Waals surface area contributed by atoms with Crippen molar-refractivity contribution in [1.82, 2.24) is 15.0 Å². The maximum Gasteiger partial charge on any atom is 0.161 e. The SMILES string of the molecule is c1ccc(-c2cc(-c3ccccc3)nc(-c3cccc4c3-c3c(-c5cccc6cnccc56)cccc3C43c4ccccc4Oc4ccccc43)n2)cc1. The number of hydrogen-bond acceptors (Lipinski definition) is 4. The predicted molar refractivity (Wildman–Crippen MR) is 216 cm³/mol. The highest BCUT2D eigenvalue weighted by atomic mass is 16.5. The van der Waals surface area contributed by atoms with Gasteiger partial charge >= 0.3 is 0 Å². The van der Waals surface area contributed by atoms with Gasteiger partial charge in [-0.2, -0.15) is 0 Å². The molecule has 0 saturated heterocycles. The number of fused-ring (bicyclic) bond motifs is 10. The first-order valence-electron chi connectivity index (χ1n) is 18.3. The molecule has 0 saturated carbocycles. The summed E-state index contributed by atoms with van der Waals surface area (Å²) < 4.78 is 6.68. The molecule has 0 bridgehead atoms. The molecule has 2 aromatic heterocycles. The normalized spacial score (nSPS) is 13.1. The van der Waals surface area contributed by atoms with Crippen molar-refractivity contribution in [2.75, 3.05) is 0 Å². The standard InChI is InChI=1S/C50H31N3O/c1-3-14-32(15-4-1)43-30-44(33-16-5-2-6-17-33)53-49(52-43)38-21-13-25-42-48(38)47-37(36-19-11-18-34-31-51-29-28-35(34)36)20-12-24-41(47)50(42)39-22-7-9-26-45(39)54-46-27-10-8-23-40(46)50/h1-31H. The Hall–Kier alpha value is -7.17. The molecule has 2 aliphatic rings. The third-order valence-corrected chi connectivity index (χ3v) is 11.1. The van der Waals surface area contributed by atoms with Gasteiger partial charge in [-0.05, 0) is 63.0 Å². The van der Waals surface area contributed by atoms with Crippen LogP contribution in [-0.4, -0.2) is 15.0 Å². The molecule has 11 rings (SSSR count). The quantitative estimate of drug-likeness (QED) is 0.185. The highest BCUT2D eigenvalue weighted by molar-refractivity contribution is 6.06. The first-order chi connectivity index (χ1) is 26.8. The molecule has 1 aliphatic carbocycles. The van der Waals surface area contributed by atoms with E-state index in [-0.39, 0.29) is 0 Å². The van der Waals surface area contributed by atoms with Gasteiger partial charge in [0, 0.05) is 45.6 Å². The second-order valence-corrected chi connectivity index (χ2v) is 13.9. The Labute approximate surface area is 313 Å². The van der Waals surface area contributed by atoms with Gasteiger partial charge in [0.15, 0.2) is 5.82 Å². The Bertz CT molecular complexity index is 2810. The lowest BCUT2D eigenvalue weighted by Crippen LogP contribution is -2.32. The molecule has 9 aromatic rings. The van der Waals surface area contributed by atoms with E-state index in [9.17, 15) is 0 Å². The van der Waals surface area contributed by atoms with Gasteiger partial charge in [-0.3, -0.25) is 4.98 Å². The third kappa shape index (κ3) is 4.40. The monoisotopic (exact) mass is 689 g/mol. The largest absolute Gasteiger partial charge is 0.457 e. The first-order valence-corrected chi connectivity index (χ1v) is 18.3. The van der Waals surface area contributed by atoms with Crippen LogP contribution < -0.4 is 4.74 Å². The number of nitrogens with zero attached hydrogens (tertiary/aromatic N) is 3. The van der Waals surface area contributed by atoms with Crippen molar-refractivity contribution in [2.45, 2.75) is 5.41 Å². The minimum atomic E-state index is -0.659. The van der Waals surface area contributed by atoms with Crippen molar-refractivity contribution in [3.63, 3.8) is 0 Å². The Kier molecular flexibility index (Phi) is 6.73. The zero-order valence-corrected chi connectivity index (χ0v) is 29.1. The van der Waals surface area contributed by atoms with Gasteiger partial charge in [0.1, 0.15) is 11.5 Å². The molecule has 0 unspecified atom stereocenters. The zero-order chi connectivity index (χ0) is 35.6. The fraction of sp³-hybridized carbons (Fsp3) is 0.0200. The topological polar surface area (TPSA) is 47.9 Å². The van der Waals surface area contributed by atoms with Crippen LogP contribution in [0.3, 0.4) is 0 Å². The van der Waals surface area contributed by atoms with Crippen molar-refractivity contribution in [1.29, 1.82) is 0 Å². The van der Waals surface area contributed by atoms with E-state index in [0.29, 0.717) is 5.82 Å². The van der Waals surface area contributed by atoms with Gasteiger partial charge < -0.3 is 4.74 Å². The predicted octanol–water partition coefficient (Wildman–Crippen LogP) is 12.2. The van der Waals surface area contributed by atoms with E-state index in [4.69, 9.17) is 14.7 Å². The summed E-state index contributed by atoms with van der Waals surface area (Å²) in [6.45, 7) is 0. The summed E-state index contributed by atoms with van der Waals surface area (Å²) in [5, 5.41) is 2.25. The molecule has 0 atom stereocenters. The highest BCUT2D eigenvalue weighted by Crippen LogP contribution is 2.64. The fourth-order valence-corrected chi connectivity index (χ4v) is 8.84. The molecule has 54 heavy (non-hydrogen) atoms. The van der Waals surface area contributed by atoms with Crippen LogP contribution in [0.5, 0.6) is 11.5 Å². The molecule has 0 N–H and O–H groups in total. The maximum absolute atomic E-state index is 6.68. The van der Waals surface area contributed by atoms with Gasteiger partial charge in [0.2, 0.25) is 0 Å². The van der Waals surface area contributed by atoms with Crippen LogP contribution in [0.25, 0.3) is 66.9 Å². The number of ether oxygens (including phenoxy) is 1. The highest BCUT2D eigenvalue weighted by Gasteiger charge is 2.52. The van der Waals surface area contributed by atoms with E-state index >= 15 is 0 Å². The Morgan fingerprint density at radius 1 is 0.426 bits per heavy atom. The van der Waals surface area contributed by atoms with E-state index in [1.807, 2.05) is 24.5 Å². The summed E-state index contributed by atoms with van der Waals surface area (Å²) in [4.78, 5) is 15.2. The van der Waals surface area contributed by atoms with Crippen molar-refractivity contribution in [3.8, 4) is 67.7 Å². The second kappa shape index (κ2) is 11.9. The summed E-state index contributed by atoms with van der Waals surface area (Å²) in [6.07, 6.45) is 3.83. The molecule has 7 aromatic carbocycles. The molecule has 252 valence electrons. The van der Waals surface area contributed by atoms with Crippen LogP contribution >= 0.6 is 0 Å². The van der Waals surface area contributed by atoms with E-state index in [2.05, 4.69) is 169 Å². The molecular formula is C50H31N3O. The zero-order valence-electron chi connectivity index (χ0n) is 29.1. The molecule has 4 heteroatoms. The van der Waals surface area contributed by atoms with Crippen molar-refractivity contribution >= 4 is 10.8 Å². The number of rotatable bonds is 4.